The van der Waals surface area contributed by atoms with E-state index in [0.717, 1.165) is 36.9 Å². The summed E-state index contributed by atoms with van der Waals surface area (Å²) in [4.78, 5) is 21.8. The average Bonchev–Trinajstić information content (AvgIpc) is 3.10. The van der Waals surface area contributed by atoms with Crippen LogP contribution in [0.1, 0.15) is 32.6 Å². The number of hydrogen-bond acceptors (Lipinski definition) is 6. The van der Waals surface area contributed by atoms with E-state index < -0.39 is 6.04 Å². The molecule has 146 valence electrons. The second kappa shape index (κ2) is 6.48. The summed E-state index contributed by atoms with van der Waals surface area (Å²) in [6, 6.07) is 1.63. The van der Waals surface area contributed by atoms with Gasteiger partial charge in [-0.1, -0.05) is 16.7 Å². The van der Waals surface area contributed by atoms with E-state index in [-0.39, 0.29) is 11.9 Å². The fourth-order valence-corrected chi connectivity index (χ4v) is 4.20. The number of piperidine rings is 1. The van der Waals surface area contributed by atoms with Crippen LogP contribution in [-0.4, -0.2) is 50.1 Å². The number of aromatic nitrogens is 4. The summed E-state index contributed by atoms with van der Waals surface area (Å²) in [6.45, 7) is 3.50. The number of nitrogens with zero attached hydrogens (tertiary/aromatic N) is 4. The Morgan fingerprint density at radius 1 is 1.32 bits per heavy atom. The van der Waals surface area contributed by atoms with E-state index in [4.69, 9.17) is 16.0 Å². The Morgan fingerprint density at radius 3 is 2.86 bits per heavy atom. The van der Waals surface area contributed by atoms with Gasteiger partial charge in [-0.3, -0.25) is 4.79 Å². The number of fused-ring (bicyclic) bond motifs is 1. The summed E-state index contributed by atoms with van der Waals surface area (Å²) >= 11 is 6.10. The molecular weight excluding hydrogens is 380 g/mol. The van der Waals surface area contributed by atoms with Crippen molar-refractivity contribution < 1.29 is 9.21 Å². The number of rotatable bonds is 4. The van der Waals surface area contributed by atoms with Gasteiger partial charge >= 0.3 is 6.01 Å². The first-order chi connectivity index (χ1) is 13.5. The standard InChI is InChI=1S/C19H21ClN6O2/c1-11(17(27)26-8-5-19(3-4-19)6-9-26)23-18-25-24-16(28-18)13-10-22-14-12(13)2-7-21-15(14)20/h2,7,10-11,22H,3-6,8-9H2,1H3,(H,23,25)/t11-/m1/s1. The Hall–Kier alpha value is -2.61. The minimum atomic E-state index is -0.428. The summed E-state index contributed by atoms with van der Waals surface area (Å²) < 4.78 is 5.74. The average molecular weight is 401 g/mol. The molecule has 1 aliphatic carbocycles. The zero-order valence-corrected chi connectivity index (χ0v) is 16.3. The third kappa shape index (κ3) is 3.01. The van der Waals surface area contributed by atoms with Crippen molar-refractivity contribution in [2.45, 2.75) is 38.6 Å². The van der Waals surface area contributed by atoms with Gasteiger partial charge in [0.25, 0.3) is 5.89 Å². The molecule has 1 atom stereocenters. The molecule has 28 heavy (non-hydrogen) atoms. The maximum Gasteiger partial charge on any atom is 0.316 e. The van der Waals surface area contributed by atoms with E-state index in [1.807, 2.05) is 17.9 Å². The molecule has 3 aromatic heterocycles. The van der Waals surface area contributed by atoms with Crippen molar-refractivity contribution >= 4 is 34.4 Å². The maximum absolute atomic E-state index is 12.7. The minimum Gasteiger partial charge on any atom is -0.403 e. The number of carbonyl (C=O) groups excluding carboxylic acids is 1. The first kappa shape index (κ1) is 17.5. The second-order valence-corrected chi connectivity index (χ2v) is 8.19. The van der Waals surface area contributed by atoms with E-state index in [1.54, 1.807) is 12.4 Å². The molecule has 2 N–H and O–H groups in total. The predicted molar refractivity (Wildman–Crippen MR) is 105 cm³/mol. The number of likely N-dealkylation sites (tertiary alicyclic amines) is 1. The molecule has 0 unspecified atom stereocenters. The maximum atomic E-state index is 12.7. The van der Waals surface area contributed by atoms with Crippen LogP contribution in [-0.2, 0) is 4.79 Å². The van der Waals surface area contributed by atoms with Gasteiger partial charge in [0.2, 0.25) is 5.91 Å². The van der Waals surface area contributed by atoms with Crippen molar-refractivity contribution in [1.29, 1.82) is 0 Å². The van der Waals surface area contributed by atoms with Crippen LogP contribution in [0.4, 0.5) is 6.01 Å². The summed E-state index contributed by atoms with van der Waals surface area (Å²) in [5, 5.41) is 12.4. The highest BCUT2D eigenvalue weighted by atomic mass is 35.5. The third-order valence-electron chi connectivity index (χ3n) is 6.01. The number of H-pyrrole nitrogens is 1. The zero-order valence-electron chi connectivity index (χ0n) is 15.5. The molecule has 4 heterocycles. The molecule has 1 spiro atoms. The SMILES string of the molecule is C[C@@H](Nc1nnc(-c2c[nH]c3c(Cl)nccc23)o1)C(=O)N1CCC2(CC1)CC2. The van der Waals surface area contributed by atoms with Crippen molar-refractivity contribution in [3.8, 4) is 11.5 Å². The minimum absolute atomic E-state index is 0.0696. The number of pyridine rings is 1. The van der Waals surface area contributed by atoms with Crippen LogP contribution in [0.15, 0.2) is 22.9 Å². The Labute approximate surface area is 166 Å². The number of halogens is 1. The van der Waals surface area contributed by atoms with E-state index in [1.165, 1.54) is 12.8 Å². The first-order valence-corrected chi connectivity index (χ1v) is 9.93. The van der Waals surface area contributed by atoms with Crippen molar-refractivity contribution in [2.24, 2.45) is 5.41 Å². The number of nitrogens with one attached hydrogen (secondary N) is 2. The van der Waals surface area contributed by atoms with Gasteiger partial charge in [-0.15, -0.1) is 5.10 Å². The van der Waals surface area contributed by atoms with Crippen LogP contribution in [0.5, 0.6) is 0 Å². The van der Waals surface area contributed by atoms with Crippen LogP contribution in [0, 0.1) is 5.41 Å². The molecule has 1 saturated carbocycles. The molecule has 2 fully saturated rings. The number of aromatic amines is 1. The molecule has 9 heteroatoms. The predicted octanol–water partition coefficient (Wildman–Crippen LogP) is 3.47. The van der Waals surface area contributed by atoms with E-state index in [9.17, 15) is 4.79 Å². The molecule has 1 aliphatic heterocycles. The normalized spacial score (nSPS) is 19.1. The highest BCUT2D eigenvalue weighted by Crippen LogP contribution is 2.53. The first-order valence-electron chi connectivity index (χ1n) is 9.55. The highest BCUT2D eigenvalue weighted by Gasteiger charge is 2.45. The third-order valence-corrected chi connectivity index (χ3v) is 6.30. The molecule has 0 aromatic carbocycles. The van der Waals surface area contributed by atoms with Crippen LogP contribution in [0.2, 0.25) is 5.15 Å². The van der Waals surface area contributed by atoms with Gasteiger partial charge in [0.05, 0.1) is 11.1 Å². The van der Waals surface area contributed by atoms with Crippen molar-refractivity contribution in [3.05, 3.63) is 23.6 Å². The molecule has 0 radical (unpaired) electrons. The Kier molecular flexibility index (Phi) is 4.04. The molecule has 2 aliphatic rings. The number of hydrogen-bond donors (Lipinski definition) is 2. The number of anilines is 1. The van der Waals surface area contributed by atoms with Gasteiger partial charge in [0.1, 0.15) is 6.04 Å². The van der Waals surface area contributed by atoms with Gasteiger partial charge in [-0.05, 0) is 44.1 Å². The molecule has 1 saturated heterocycles. The van der Waals surface area contributed by atoms with Gasteiger partial charge in [0.15, 0.2) is 5.15 Å². The summed E-state index contributed by atoms with van der Waals surface area (Å²) in [5.74, 6) is 0.421. The lowest BCUT2D eigenvalue weighted by atomic mass is 9.93. The van der Waals surface area contributed by atoms with Gasteiger partial charge in [0, 0.05) is 30.9 Å². The van der Waals surface area contributed by atoms with Crippen LogP contribution >= 0.6 is 11.6 Å². The molecule has 0 bridgehead atoms. The largest absolute Gasteiger partial charge is 0.403 e. The van der Waals surface area contributed by atoms with Crippen molar-refractivity contribution in [1.82, 2.24) is 25.1 Å². The fraction of sp³-hybridized carbons (Fsp3) is 0.474. The highest BCUT2D eigenvalue weighted by molar-refractivity contribution is 6.34. The van der Waals surface area contributed by atoms with E-state index >= 15 is 0 Å². The summed E-state index contributed by atoms with van der Waals surface area (Å²) in [5.41, 5.74) is 2.01. The lowest BCUT2D eigenvalue weighted by molar-refractivity contribution is -0.133. The van der Waals surface area contributed by atoms with Crippen molar-refractivity contribution in [3.63, 3.8) is 0 Å². The number of amides is 1. The lowest BCUT2D eigenvalue weighted by Crippen LogP contribution is -2.45. The molecule has 5 rings (SSSR count). The van der Waals surface area contributed by atoms with Crippen molar-refractivity contribution in [2.75, 3.05) is 18.4 Å². The van der Waals surface area contributed by atoms with Gasteiger partial charge in [-0.2, -0.15) is 0 Å². The fourth-order valence-electron chi connectivity index (χ4n) is 3.99. The quantitative estimate of drug-likeness (QED) is 0.650. The Balaban J connectivity index is 1.28. The lowest BCUT2D eigenvalue weighted by Gasteiger charge is -2.33. The molecule has 3 aromatic rings. The summed E-state index contributed by atoms with van der Waals surface area (Å²) in [7, 11) is 0. The summed E-state index contributed by atoms with van der Waals surface area (Å²) in [6.07, 6.45) is 8.27. The van der Waals surface area contributed by atoms with Crippen LogP contribution in [0.3, 0.4) is 0 Å². The monoisotopic (exact) mass is 400 g/mol. The number of carbonyl (C=O) groups is 1. The topological polar surface area (TPSA) is 99.9 Å². The second-order valence-electron chi connectivity index (χ2n) is 7.83. The van der Waals surface area contributed by atoms with E-state index in [2.05, 4.69) is 25.5 Å². The zero-order chi connectivity index (χ0) is 19.3. The Bertz CT molecular complexity index is 1030. The van der Waals surface area contributed by atoms with Crippen LogP contribution < -0.4 is 5.32 Å². The Morgan fingerprint density at radius 2 is 2.11 bits per heavy atom. The van der Waals surface area contributed by atoms with E-state index in [0.29, 0.717) is 22.0 Å². The van der Waals surface area contributed by atoms with Crippen LogP contribution in [0.25, 0.3) is 22.4 Å². The van der Waals surface area contributed by atoms with Gasteiger partial charge in [-0.25, -0.2) is 4.98 Å². The molecular formula is C19H21ClN6O2. The molecule has 1 amide bonds. The molecule has 8 nitrogen and oxygen atoms in total. The van der Waals surface area contributed by atoms with Gasteiger partial charge < -0.3 is 19.6 Å². The smallest absolute Gasteiger partial charge is 0.316 e.